The number of rotatable bonds is 5. The number of benzene rings is 4. The van der Waals surface area contributed by atoms with Crippen molar-refractivity contribution in [3.8, 4) is 11.1 Å². The van der Waals surface area contributed by atoms with Crippen LogP contribution in [0.2, 0.25) is 0 Å². The molecule has 0 bridgehead atoms. The molecule has 1 heteroatoms. The fraction of sp³-hybridized carbons (Fsp3) is 0.111. The van der Waals surface area contributed by atoms with E-state index in [9.17, 15) is 0 Å². The van der Waals surface area contributed by atoms with Crippen molar-refractivity contribution < 1.29 is 0 Å². The summed E-state index contributed by atoms with van der Waals surface area (Å²) in [4.78, 5) is 2.29. The van der Waals surface area contributed by atoms with Crippen LogP contribution in [0.5, 0.6) is 0 Å². The van der Waals surface area contributed by atoms with Crippen molar-refractivity contribution in [3.63, 3.8) is 0 Å². The Morgan fingerprint density at radius 1 is 0.571 bits per heavy atom. The molecule has 0 aromatic heterocycles. The second-order valence-corrected chi connectivity index (χ2v) is 7.00. The molecule has 0 aliphatic carbocycles. The van der Waals surface area contributed by atoms with E-state index in [4.69, 9.17) is 0 Å². The second kappa shape index (κ2) is 8.14. The zero-order valence-corrected chi connectivity index (χ0v) is 16.5. The fourth-order valence-electron chi connectivity index (χ4n) is 3.77. The normalized spacial score (nSPS) is 10.6. The molecule has 0 N–H and O–H groups in total. The third kappa shape index (κ3) is 3.57. The summed E-state index contributed by atoms with van der Waals surface area (Å²) in [5.74, 6) is 0. The highest BCUT2D eigenvalue weighted by molar-refractivity contribution is 5.78. The summed E-state index contributed by atoms with van der Waals surface area (Å²) in [6, 6.07) is 36.5. The maximum absolute atomic E-state index is 2.29. The van der Waals surface area contributed by atoms with Crippen molar-refractivity contribution in [1.29, 1.82) is 0 Å². The molecule has 28 heavy (non-hydrogen) atoms. The molecule has 0 saturated heterocycles. The zero-order valence-electron chi connectivity index (χ0n) is 16.5. The molecule has 4 aromatic carbocycles. The Balaban J connectivity index is 1.75. The minimum atomic E-state index is 1.06. The first-order valence-corrected chi connectivity index (χ1v) is 9.87. The van der Waals surface area contributed by atoms with Crippen LogP contribution in [0, 0.1) is 6.92 Å². The monoisotopic (exact) mass is 363 g/mol. The lowest BCUT2D eigenvalue weighted by Gasteiger charge is -2.25. The highest BCUT2D eigenvalue weighted by atomic mass is 15.1. The number of anilines is 3. The molecule has 138 valence electrons. The molecule has 0 amide bonds. The van der Waals surface area contributed by atoms with E-state index in [2.05, 4.69) is 122 Å². The first-order valence-electron chi connectivity index (χ1n) is 9.87. The van der Waals surface area contributed by atoms with Crippen LogP contribution in [0.4, 0.5) is 17.1 Å². The number of hydrogen-bond donors (Lipinski definition) is 0. The lowest BCUT2D eigenvalue weighted by atomic mass is 9.95. The number of hydrogen-bond acceptors (Lipinski definition) is 1. The standard InChI is InChI=1S/C27H25N/c1-3-22-11-10-16-27(21(22)2)23-17-19-26(20-18-23)28(24-12-6-4-7-13-24)25-14-8-5-9-15-25/h4-20H,3H2,1-2H3. The summed E-state index contributed by atoms with van der Waals surface area (Å²) in [6.45, 7) is 4.44. The molecule has 0 fully saturated rings. The maximum atomic E-state index is 2.29. The summed E-state index contributed by atoms with van der Waals surface area (Å²) in [5, 5.41) is 0. The summed E-state index contributed by atoms with van der Waals surface area (Å²) >= 11 is 0. The summed E-state index contributed by atoms with van der Waals surface area (Å²) in [6.07, 6.45) is 1.06. The Kier molecular flexibility index (Phi) is 5.25. The van der Waals surface area contributed by atoms with Crippen molar-refractivity contribution in [2.75, 3.05) is 4.90 Å². The Bertz CT molecular complexity index is 995. The van der Waals surface area contributed by atoms with Crippen LogP contribution in [0.15, 0.2) is 103 Å². The molecule has 0 atom stereocenters. The van der Waals surface area contributed by atoms with Crippen LogP contribution in [0.1, 0.15) is 18.1 Å². The molecule has 0 unspecified atom stereocenters. The van der Waals surface area contributed by atoms with E-state index in [-0.39, 0.29) is 0 Å². The third-order valence-electron chi connectivity index (χ3n) is 5.29. The Morgan fingerprint density at radius 2 is 1.11 bits per heavy atom. The van der Waals surface area contributed by atoms with Crippen molar-refractivity contribution in [2.24, 2.45) is 0 Å². The smallest absolute Gasteiger partial charge is 0.0462 e. The fourth-order valence-corrected chi connectivity index (χ4v) is 3.77. The first kappa shape index (κ1) is 18.1. The summed E-state index contributed by atoms with van der Waals surface area (Å²) in [7, 11) is 0. The molecule has 0 saturated carbocycles. The lowest BCUT2D eigenvalue weighted by molar-refractivity contribution is 1.11. The Labute approximate surface area is 167 Å². The van der Waals surface area contributed by atoms with Gasteiger partial charge < -0.3 is 4.90 Å². The molecule has 0 heterocycles. The Morgan fingerprint density at radius 3 is 1.64 bits per heavy atom. The van der Waals surface area contributed by atoms with Gasteiger partial charge in [0.1, 0.15) is 0 Å². The van der Waals surface area contributed by atoms with Gasteiger partial charge in [-0.2, -0.15) is 0 Å². The molecular weight excluding hydrogens is 338 g/mol. The van der Waals surface area contributed by atoms with Crippen molar-refractivity contribution in [1.82, 2.24) is 0 Å². The van der Waals surface area contributed by atoms with Gasteiger partial charge in [0.05, 0.1) is 0 Å². The van der Waals surface area contributed by atoms with Crippen LogP contribution >= 0.6 is 0 Å². The van der Waals surface area contributed by atoms with E-state index in [1.165, 1.54) is 22.3 Å². The van der Waals surface area contributed by atoms with Gasteiger partial charge in [0, 0.05) is 17.1 Å². The largest absolute Gasteiger partial charge is 0.311 e. The SMILES string of the molecule is CCc1cccc(-c2ccc(N(c3ccccc3)c3ccccc3)cc2)c1C. The van der Waals surface area contributed by atoms with Crippen LogP contribution < -0.4 is 4.90 Å². The summed E-state index contributed by atoms with van der Waals surface area (Å²) < 4.78 is 0. The van der Waals surface area contributed by atoms with Crippen molar-refractivity contribution >= 4 is 17.1 Å². The van der Waals surface area contributed by atoms with Crippen LogP contribution in [-0.4, -0.2) is 0 Å². The molecule has 0 aliphatic heterocycles. The van der Waals surface area contributed by atoms with Gasteiger partial charge in [0.15, 0.2) is 0 Å². The highest BCUT2D eigenvalue weighted by Gasteiger charge is 2.12. The average molecular weight is 364 g/mol. The van der Waals surface area contributed by atoms with E-state index < -0.39 is 0 Å². The van der Waals surface area contributed by atoms with Crippen LogP contribution in [0.3, 0.4) is 0 Å². The van der Waals surface area contributed by atoms with E-state index in [0.29, 0.717) is 0 Å². The predicted octanol–water partition coefficient (Wildman–Crippen LogP) is 7.69. The van der Waals surface area contributed by atoms with Gasteiger partial charge >= 0.3 is 0 Å². The summed E-state index contributed by atoms with van der Waals surface area (Å²) in [5.41, 5.74) is 8.84. The van der Waals surface area contributed by atoms with Gasteiger partial charge in [-0.25, -0.2) is 0 Å². The van der Waals surface area contributed by atoms with Crippen LogP contribution in [0.25, 0.3) is 11.1 Å². The predicted molar refractivity (Wildman–Crippen MR) is 121 cm³/mol. The van der Waals surface area contributed by atoms with Gasteiger partial charge in [-0.3, -0.25) is 0 Å². The first-order chi connectivity index (χ1) is 13.8. The van der Waals surface area contributed by atoms with Gasteiger partial charge in [-0.15, -0.1) is 0 Å². The minimum absolute atomic E-state index is 1.06. The molecule has 4 aromatic rings. The van der Waals surface area contributed by atoms with Gasteiger partial charge in [-0.1, -0.05) is 73.7 Å². The molecular formula is C27H25N. The van der Waals surface area contributed by atoms with Gasteiger partial charge in [-0.05, 0) is 72.0 Å². The molecule has 0 radical (unpaired) electrons. The quantitative estimate of drug-likeness (QED) is 0.351. The molecule has 1 nitrogen and oxygen atoms in total. The minimum Gasteiger partial charge on any atom is -0.311 e. The van der Waals surface area contributed by atoms with Crippen LogP contribution in [-0.2, 0) is 6.42 Å². The van der Waals surface area contributed by atoms with E-state index >= 15 is 0 Å². The lowest BCUT2D eigenvalue weighted by Crippen LogP contribution is -2.09. The third-order valence-corrected chi connectivity index (χ3v) is 5.29. The number of nitrogens with zero attached hydrogens (tertiary/aromatic N) is 1. The molecule has 4 rings (SSSR count). The van der Waals surface area contributed by atoms with Crippen molar-refractivity contribution in [3.05, 3.63) is 114 Å². The molecule has 0 spiro atoms. The number of para-hydroxylation sites is 2. The van der Waals surface area contributed by atoms with E-state index in [0.717, 1.165) is 23.5 Å². The topological polar surface area (TPSA) is 3.24 Å². The molecule has 0 aliphatic rings. The van der Waals surface area contributed by atoms with E-state index in [1.54, 1.807) is 0 Å². The number of aryl methyl sites for hydroxylation is 1. The maximum Gasteiger partial charge on any atom is 0.0462 e. The van der Waals surface area contributed by atoms with Gasteiger partial charge in [0.2, 0.25) is 0 Å². The second-order valence-electron chi connectivity index (χ2n) is 7.00. The van der Waals surface area contributed by atoms with Gasteiger partial charge in [0.25, 0.3) is 0 Å². The Hall–Kier alpha value is -3.32. The zero-order chi connectivity index (χ0) is 19.3. The van der Waals surface area contributed by atoms with E-state index in [1.807, 2.05) is 0 Å². The van der Waals surface area contributed by atoms with Crippen molar-refractivity contribution in [2.45, 2.75) is 20.3 Å². The highest BCUT2D eigenvalue weighted by Crippen LogP contribution is 2.35. The average Bonchev–Trinajstić information content (AvgIpc) is 2.76.